The van der Waals surface area contributed by atoms with Crippen LogP contribution in [-0.4, -0.2) is 56.3 Å². The Hall–Kier alpha value is -1.44. The van der Waals surface area contributed by atoms with Crippen molar-refractivity contribution < 1.29 is 13.2 Å². The van der Waals surface area contributed by atoms with E-state index in [9.17, 15) is 13.2 Å². The monoisotopic (exact) mass is 393 g/mol. The fourth-order valence-electron chi connectivity index (χ4n) is 3.77. The molecular formula is C20H31N3O3S. The van der Waals surface area contributed by atoms with Gasteiger partial charge in [-0.25, -0.2) is 8.42 Å². The van der Waals surface area contributed by atoms with Crippen molar-refractivity contribution in [1.29, 1.82) is 0 Å². The molecule has 2 saturated heterocycles. The summed E-state index contributed by atoms with van der Waals surface area (Å²) < 4.78 is 27.2. The van der Waals surface area contributed by atoms with Crippen molar-refractivity contribution in [3.8, 4) is 0 Å². The molecule has 0 aromatic heterocycles. The van der Waals surface area contributed by atoms with Crippen LogP contribution in [0, 0.1) is 5.92 Å². The molecule has 2 aliphatic heterocycles. The molecule has 0 radical (unpaired) electrons. The van der Waals surface area contributed by atoms with Gasteiger partial charge in [-0.05, 0) is 69.0 Å². The van der Waals surface area contributed by atoms with Gasteiger partial charge in [0.25, 0.3) is 0 Å². The van der Waals surface area contributed by atoms with E-state index in [2.05, 4.69) is 17.1 Å². The van der Waals surface area contributed by atoms with E-state index >= 15 is 0 Å². The highest BCUT2D eigenvalue weighted by molar-refractivity contribution is 7.89. The number of benzene rings is 1. The topological polar surface area (TPSA) is 69.7 Å². The van der Waals surface area contributed by atoms with Crippen LogP contribution in [0.1, 0.15) is 45.4 Å². The van der Waals surface area contributed by atoms with Gasteiger partial charge in [-0.3, -0.25) is 9.69 Å². The van der Waals surface area contributed by atoms with Crippen LogP contribution in [-0.2, 0) is 14.8 Å². The zero-order valence-corrected chi connectivity index (χ0v) is 17.0. The van der Waals surface area contributed by atoms with Gasteiger partial charge < -0.3 is 5.32 Å². The number of nitrogens with zero attached hydrogens (tertiary/aromatic N) is 2. The molecule has 0 atom stereocenters. The van der Waals surface area contributed by atoms with Crippen molar-refractivity contribution in [2.24, 2.45) is 5.92 Å². The molecule has 1 N–H and O–H groups in total. The summed E-state index contributed by atoms with van der Waals surface area (Å²) in [7, 11) is -3.45. The van der Waals surface area contributed by atoms with Crippen molar-refractivity contribution in [3.63, 3.8) is 0 Å². The van der Waals surface area contributed by atoms with Crippen molar-refractivity contribution in [3.05, 3.63) is 24.3 Å². The Morgan fingerprint density at radius 1 is 1.00 bits per heavy atom. The average Bonchev–Trinajstić information content (AvgIpc) is 2.94. The van der Waals surface area contributed by atoms with Gasteiger partial charge >= 0.3 is 0 Å². The molecule has 1 aromatic carbocycles. The number of carbonyl (C=O) groups is 1. The first-order valence-electron chi connectivity index (χ1n) is 10.1. The quantitative estimate of drug-likeness (QED) is 0.835. The average molecular weight is 394 g/mol. The first kappa shape index (κ1) is 20.3. The lowest BCUT2D eigenvalue weighted by Gasteiger charge is -2.29. The highest BCUT2D eigenvalue weighted by Gasteiger charge is 2.25. The smallest absolute Gasteiger partial charge is 0.243 e. The highest BCUT2D eigenvalue weighted by atomic mass is 32.2. The predicted molar refractivity (Wildman–Crippen MR) is 107 cm³/mol. The van der Waals surface area contributed by atoms with Crippen molar-refractivity contribution in [2.75, 3.05) is 38.0 Å². The molecule has 27 heavy (non-hydrogen) atoms. The lowest BCUT2D eigenvalue weighted by atomic mass is 9.99. The molecule has 0 spiro atoms. The second kappa shape index (κ2) is 9.17. The molecule has 150 valence electrons. The predicted octanol–water partition coefficient (Wildman–Crippen LogP) is 2.92. The Balaban J connectivity index is 1.57. The highest BCUT2D eigenvalue weighted by Crippen LogP contribution is 2.22. The van der Waals surface area contributed by atoms with Crippen LogP contribution in [0.25, 0.3) is 0 Å². The van der Waals surface area contributed by atoms with E-state index in [1.54, 1.807) is 28.6 Å². The van der Waals surface area contributed by atoms with Crippen LogP contribution < -0.4 is 5.32 Å². The van der Waals surface area contributed by atoms with Crippen molar-refractivity contribution in [2.45, 2.75) is 50.3 Å². The maximum absolute atomic E-state index is 12.8. The number of piperidine rings is 1. The number of anilines is 1. The van der Waals surface area contributed by atoms with Gasteiger partial charge in [-0.2, -0.15) is 4.31 Å². The minimum absolute atomic E-state index is 0.0484. The molecule has 2 aliphatic rings. The Labute approximate surface area is 163 Å². The second-order valence-electron chi connectivity index (χ2n) is 7.85. The summed E-state index contributed by atoms with van der Waals surface area (Å²) in [6, 6.07) is 6.55. The number of rotatable bonds is 5. The summed E-state index contributed by atoms with van der Waals surface area (Å²) in [4.78, 5) is 14.7. The molecule has 6 nitrogen and oxygen atoms in total. The molecule has 0 unspecified atom stereocenters. The minimum Gasteiger partial charge on any atom is -0.325 e. The summed E-state index contributed by atoms with van der Waals surface area (Å²) in [6.07, 6.45) is 6.29. The van der Waals surface area contributed by atoms with Gasteiger partial charge in [-0.1, -0.05) is 19.8 Å². The first-order valence-corrected chi connectivity index (χ1v) is 11.5. The molecule has 3 rings (SSSR count). The second-order valence-corrected chi connectivity index (χ2v) is 9.79. The van der Waals surface area contributed by atoms with Crippen LogP contribution >= 0.6 is 0 Å². The summed E-state index contributed by atoms with van der Waals surface area (Å²) in [5.41, 5.74) is 0.639. The SMILES string of the molecule is CC1CCN(CC(=O)Nc2ccc(S(=O)(=O)N3CCCCCC3)cc2)CC1. The fourth-order valence-corrected chi connectivity index (χ4v) is 5.28. The lowest BCUT2D eigenvalue weighted by molar-refractivity contribution is -0.117. The van der Waals surface area contributed by atoms with E-state index in [0.717, 1.165) is 57.5 Å². The number of hydrogen-bond donors (Lipinski definition) is 1. The van der Waals surface area contributed by atoms with E-state index in [0.29, 0.717) is 30.2 Å². The number of likely N-dealkylation sites (tertiary alicyclic amines) is 1. The number of nitrogens with one attached hydrogen (secondary N) is 1. The maximum atomic E-state index is 12.8. The zero-order valence-electron chi connectivity index (χ0n) is 16.2. The molecular weight excluding hydrogens is 362 g/mol. The van der Waals surface area contributed by atoms with E-state index in [1.807, 2.05) is 0 Å². The largest absolute Gasteiger partial charge is 0.325 e. The Bertz CT molecular complexity index is 717. The minimum atomic E-state index is -3.45. The summed E-state index contributed by atoms with van der Waals surface area (Å²) in [5, 5.41) is 2.88. The summed E-state index contributed by atoms with van der Waals surface area (Å²) >= 11 is 0. The third-order valence-electron chi connectivity index (χ3n) is 5.58. The Morgan fingerprint density at radius 2 is 1.59 bits per heavy atom. The Kier molecular flexibility index (Phi) is 6.89. The molecule has 0 aliphatic carbocycles. The molecule has 0 bridgehead atoms. The number of sulfonamides is 1. The van der Waals surface area contributed by atoms with Crippen LogP contribution in [0.2, 0.25) is 0 Å². The third-order valence-corrected chi connectivity index (χ3v) is 7.50. The van der Waals surface area contributed by atoms with E-state index in [-0.39, 0.29) is 5.91 Å². The van der Waals surface area contributed by atoms with Crippen LogP contribution in [0.5, 0.6) is 0 Å². The van der Waals surface area contributed by atoms with E-state index in [1.165, 1.54) is 0 Å². The van der Waals surface area contributed by atoms with Gasteiger partial charge in [0.05, 0.1) is 11.4 Å². The molecule has 1 amide bonds. The lowest BCUT2D eigenvalue weighted by Crippen LogP contribution is -2.38. The van der Waals surface area contributed by atoms with Gasteiger partial charge in [0, 0.05) is 18.8 Å². The van der Waals surface area contributed by atoms with Crippen molar-refractivity contribution in [1.82, 2.24) is 9.21 Å². The first-order chi connectivity index (χ1) is 12.9. The molecule has 1 aromatic rings. The molecule has 0 saturated carbocycles. The van der Waals surface area contributed by atoms with Gasteiger partial charge in [0.15, 0.2) is 0 Å². The van der Waals surface area contributed by atoms with E-state index in [4.69, 9.17) is 0 Å². The van der Waals surface area contributed by atoms with Crippen molar-refractivity contribution >= 4 is 21.6 Å². The normalized spacial score (nSPS) is 20.9. The number of hydrogen-bond acceptors (Lipinski definition) is 4. The Morgan fingerprint density at radius 3 is 2.19 bits per heavy atom. The summed E-state index contributed by atoms with van der Waals surface area (Å²) in [6.45, 7) is 5.74. The molecule has 2 heterocycles. The molecule has 2 fully saturated rings. The van der Waals surface area contributed by atoms with E-state index < -0.39 is 10.0 Å². The number of amides is 1. The number of carbonyl (C=O) groups excluding carboxylic acids is 1. The van der Waals surface area contributed by atoms with Crippen LogP contribution in [0.3, 0.4) is 0 Å². The van der Waals surface area contributed by atoms with Crippen LogP contribution in [0.4, 0.5) is 5.69 Å². The van der Waals surface area contributed by atoms with Gasteiger partial charge in [0.1, 0.15) is 0 Å². The summed E-state index contributed by atoms with van der Waals surface area (Å²) in [5.74, 6) is 0.690. The standard InChI is InChI=1S/C20H31N3O3S/c1-17-10-14-22(15-11-17)16-20(24)21-18-6-8-19(9-7-18)27(25,26)23-12-4-2-3-5-13-23/h6-9,17H,2-5,10-16H2,1H3,(H,21,24). The maximum Gasteiger partial charge on any atom is 0.243 e. The fraction of sp³-hybridized carbons (Fsp3) is 0.650. The zero-order chi connectivity index (χ0) is 19.3. The third kappa shape index (κ3) is 5.53. The van der Waals surface area contributed by atoms with Gasteiger partial charge in [-0.15, -0.1) is 0 Å². The van der Waals surface area contributed by atoms with Gasteiger partial charge in [0.2, 0.25) is 15.9 Å². The van der Waals surface area contributed by atoms with Crippen LogP contribution in [0.15, 0.2) is 29.2 Å². The molecule has 7 heteroatoms.